The van der Waals surface area contributed by atoms with Crippen LogP contribution in [0.4, 0.5) is 11.4 Å². The average Bonchev–Trinajstić information content (AvgIpc) is 3.61. The summed E-state index contributed by atoms with van der Waals surface area (Å²) in [4.78, 5) is 44.4. The number of benzene rings is 4. The summed E-state index contributed by atoms with van der Waals surface area (Å²) in [7, 11) is 0. The molecular weight excluding hydrogens is 554 g/mol. The number of carbonyl (C=O) groups excluding carboxylic acids is 3. The maximum atomic E-state index is 14.6. The molecule has 3 aliphatic rings. The van der Waals surface area contributed by atoms with Crippen molar-refractivity contribution in [1.82, 2.24) is 4.90 Å². The van der Waals surface area contributed by atoms with Gasteiger partial charge in [0, 0.05) is 11.4 Å². The van der Waals surface area contributed by atoms with Crippen LogP contribution in [0.25, 0.3) is 10.8 Å². The highest BCUT2D eigenvalue weighted by Gasteiger charge is 2.78. The molecule has 7 rings (SSSR count). The summed E-state index contributed by atoms with van der Waals surface area (Å²) < 4.78 is 6.76. The fraction of sp³-hybridized carbons (Fsp3) is 0.306. The van der Waals surface area contributed by atoms with Crippen LogP contribution in [-0.2, 0) is 25.5 Å². The van der Waals surface area contributed by atoms with Gasteiger partial charge in [0.05, 0.1) is 30.1 Å². The number of hydrogen-bond acceptors (Lipinski definition) is 5. The third kappa shape index (κ3) is 4.57. The van der Waals surface area contributed by atoms with Crippen molar-refractivity contribution in [3.05, 3.63) is 109 Å². The Balaban J connectivity index is 1.27. The molecule has 0 radical (unpaired) electrons. The molecule has 3 amide bonds. The summed E-state index contributed by atoms with van der Waals surface area (Å²) in [6.45, 7) is 1.53. The van der Waals surface area contributed by atoms with E-state index in [1.807, 2.05) is 97.9 Å². The maximum absolute atomic E-state index is 14.6. The van der Waals surface area contributed by atoms with Gasteiger partial charge in [-0.25, -0.2) is 0 Å². The number of anilines is 2. The van der Waals surface area contributed by atoms with Crippen molar-refractivity contribution in [2.75, 3.05) is 17.2 Å². The predicted molar refractivity (Wildman–Crippen MR) is 168 cm³/mol. The summed E-state index contributed by atoms with van der Waals surface area (Å²) in [6, 6.07) is 30.6. The lowest BCUT2D eigenvalue weighted by atomic mass is 9.66. The zero-order valence-corrected chi connectivity index (χ0v) is 24.5. The van der Waals surface area contributed by atoms with Crippen LogP contribution in [0.2, 0.25) is 0 Å². The van der Waals surface area contributed by atoms with Crippen molar-refractivity contribution in [2.45, 2.75) is 49.5 Å². The van der Waals surface area contributed by atoms with Crippen LogP contribution < -0.4 is 10.6 Å². The normalized spacial score (nSPS) is 27.7. The highest BCUT2D eigenvalue weighted by Crippen LogP contribution is 2.63. The topological polar surface area (TPSA) is 108 Å². The summed E-state index contributed by atoms with van der Waals surface area (Å²) >= 11 is 0. The Morgan fingerprint density at radius 1 is 0.864 bits per heavy atom. The molecule has 3 saturated heterocycles. The van der Waals surface area contributed by atoms with E-state index in [1.54, 1.807) is 12.1 Å². The maximum Gasteiger partial charge on any atom is 0.250 e. The van der Waals surface area contributed by atoms with Gasteiger partial charge in [-0.3, -0.25) is 14.4 Å². The fourth-order valence-corrected chi connectivity index (χ4v) is 7.81. The molecule has 4 aromatic carbocycles. The van der Waals surface area contributed by atoms with Crippen LogP contribution in [0.5, 0.6) is 0 Å². The highest BCUT2D eigenvalue weighted by atomic mass is 16.5. The number of carbonyl (C=O) groups is 3. The van der Waals surface area contributed by atoms with E-state index in [4.69, 9.17) is 4.74 Å². The van der Waals surface area contributed by atoms with Gasteiger partial charge in [0.2, 0.25) is 17.7 Å². The van der Waals surface area contributed by atoms with Gasteiger partial charge in [-0.05, 0) is 66.8 Å². The van der Waals surface area contributed by atoms with Gasteiger partial charge in [0.15, 0.2) is 0 Å². The molecule has 3 heterocycles. The lowest BCUT2D eigenvalue weighted by molar-refractivity contribution is -0.146. The Morgan fingerprint density at radius 3 is 2.25 bits per heavy atom. The van der Waals surface area contributed by atoms with E-state index in [0.29, 0.717) is 30.6 Å². The molecule has 6 atom stereocenters. The number of aliphatic hydroxyl groups excluding tert-OH is 1. The molecule has 4 aromatic rings. The molecule has 3 aliphatic heterocycles. The minimum absolute atomic E-state index is 0.308. The molecule has 2 bridgehead atoms. The van der Waals surface area contributed by atoms with Crippen LogP contribution >= 0.6 is 0 Å². The quantitative estimate of drug-likeness (QED) is 0.274. The standard InChI is InChI=1S/C36H35N3O5/c1-35-18-19-36(44-35)30(29(35)32(41)37-26-14-6-3-7-15-26)34(43)39(28(22-40)20-23-10-4-2-5-11-23)31(36)33(42)38-27-17-16-24-12-8-9-13-25(24)21-27/h2-17,21,28-31,40H,18-20,22H2,1H3,(H,37,41)(H,38,42)/t28-,29-,30+,31?,35+,36?/m1/s1. The second-order valence-electron chi connectivity index (χ2n) is 12.4. The summed E-state index contributed by atoms with van der Waals surface area (Å²) in [6.07, 6.45) is 1.33. The molecule has 3 fully saturated rings. The molecule has 0 aliphatic carbocycles. The number of aliphatic hydroxyl groups is 1. The Kier molecular flexibility index (Phi) is 6.98. The van der Waals surface area contributed by atoms with Crippen molar-refractivity contribution in [1.29, 1.82) is 0 Å². The predicted octanol–water partition coefficient (Wildman–Crippen LogP) is 4.79. The number of ether oxygens (including phenoxy) is 1. The van der Waals surface area contributed by atoms with E-state index in [0.717, 1.165) is 16.3 Å². The fourth-order valence-electron chi connectivity index (χ4n) is 7.81. The number of rotatable bonds is 8. The molecular formula is C36H35N3O5. The van der Waals surface area contributed by atoms with Gasteiger partial charge in [-0.2, -0.15) is 0 Å². The minimum Gasteiger partial charge on any atom is -0.394 e. The first-order valence-electron chi connectivity index (χ1n) is 15.2. The first-order chi connectivity index (χ1) is 21.3. The molecule has 0 saturated carbocycles. The molecule has 1 spiro atoms. The third-order valence-electron chi connectivity index (χ3n) is 9.72. The van der Waals surface area contributed by atoms with Gasteiger partial charge < -0.3 is 25.4 Å². The van der Waals surface area contributed by atoms with E-state index in [9.17, 15) is 19.5 Å². The smallest absolute Gasteiger partial charge is 0.250 e. The van der Waals surface area contributed by atoms with Crippen molar-refractivity contribution in [2.24, 2.45) is 11.8 Å². The number of hydrogen-bond donors (Lipinski definition) is 3. The van der Waals surface area contributed by atoms with Crippen LogP contribution in [0.3, 0.4) is 0 Å². The highest BCUT2D eigenvalue weighted by molar-refractivity contribution is 6.06. The number of likely N-dealkylation sites (tertiary alicyclic amines) is 1. The summed E-state index contributed by atoms with van der Waals surface area (Å²) in [5.41, 5.74) is 0.0270. The number of nitrogens with one attached hydrogen (secondary N) is 2. The van der Waals surface area contributed by atoms with E-state index >= 15 is 0 Å². The summed E-state index contributed by atoms with van der Waals surface area (Å²) in [5.74, 6) is -2.72. The Bertz CT molecular complexity index is 1730. The Morgan fingerprint density at radius 2 is 1.52 bits per heavy atom. The van der Waals surface area contributed by atoms with Gasteiger partial charge >= 0.3 is 0 Å². The van der Waals surface area contributed by atoms with E-state index in [1.165, 1.54) is 4.90 Å². The number of fused-ring (bicyclic) bond motifs is 2. The Hall–Kier alpha value is -4.53. The SMILES string of the molecule is C[C@@]12CCC3(O1)C(C(=O)Nc1ccc4ccccc4c1)N([C@@H](CO)Cc1ccccc1)C(=O)[C@@H]3[C@@H]2C(=O)Nc1ccccc1. The third-order valence-corrected chi connectivity index (χ3v) is 9.72. The van der Waals surface area contributed by atoms with Crippen LogP contribution in [0.15, 0.2) is 103 Å². The van der Waals surface area contributed by atoms with Crippen LogP contribution in [0.1, 0.15) is 25.3 Å². The van der Waals surface area contributed by atoms with E-state index in [-0.39, 0.29) is 18.4 Å². The summed E-state index contributed by atoms with van der Waals surface area (Å²) in [5, 5.41) is 18.7. The van der Waals surface area contributed by atoms with Crippen LogP contribution in [0, 0.1) is 11.8 Å². The monoisotopic (exact) mass is 589 g/mol. The van der Waals surface area contributed by atoms with E-state index < -0.39 is 41.0 Å². The largest absolute Gasteiger partial charge is 0.394 e. The van der Waals surface area contributed by atoms with Crippen LogP contribution in [-0.4, -0.2) is 57.6 Å². The molecule has 8 heteroatoms. The number of para-hydroxylation sites is 1. The van der Waals surface area contributed by atoms with Gasteiger partial charge in [-0.15, -0.1) is 0 Å². The first-order valence-corrected chi connectivity index (χ1v) is 15.2. The molecule has 8 nitrogen and oxygen atoms in total. The Labute approximate surface area is 256 Å². The molecule has 0 aromatic heterocycles. The van der Waals surface area contributed by atoms with Crippen molar-refractivity contribution in [3.8, 4) is 0 Å². The lowest BCUT2D eigenvalue weighted by Gasteiger charge is -2.37. The zero-order chi connectivity index (χ0) is 30.5. The average molecular weight is 590 g/mol. The number of nitrogens with zero attached hydrogens (tertiary/aromatic N) is 1. The van der Waals surface area contributed by atoms with Crippen molar-refractivity contribution in [3.63, 3.8) is 0 Å². The lowest BCUT2D eigenvalue weighted by Crippen LogP contribution is -2.57. The van der Waals surface area contributed by atoms with Crippen molar-refractivity contribution >= 4 is 39.9 Å². The second kappa shape index (κ2) is 10.9. The van der Waals surface area contributed by atoms with Gasteiger partial charge in [0.1, 0.15) is 11.6 Å². The molecule has 2 unspecified atom stereocenters. The van der Waals surface area contributed by atoms with Gasteiger partial charge in [0.25, 0.3) is 0 Å². The minimum atomic E-state index is -1.21. The van der Waals surface area contributed by atoms with E-state index in [2.05, 4.69) is 10.6 Å². The molecule has 3 N–H and O–H groups in total. The zero-order valence-electron chi connectivity index (χ0n) is 24.5. The van der Waals surface area contributed by atoms with Crippen molar-refractivity contribution < 1.29 is 24.2 Å². The number of amides is 3. The van der Waals surface area contributed by atoms with Gasteiger partial charge in [-0.1, -0.05) is 78.9 Å². The molecule has 224 valence electrons. The molecule has 44 heavy (non-hydrogen) atoms. The second-order valence-corrected chi connectivity index (χ2v) is 12.4. The first kappa shape index (κ1) is 28.3.